The van der Waals surface area contributed by atoms with Crippen molar-refractivity contribution in [2.24, 2.45) is 7.05 Å². The lowest BCUT2D eigenvalue weighted by Gasteiger charge is -2.07. The van der Waals surface area contributed by atoms with Crippen molar-refractivity contribution in [3.05, 3.63) is 12.3 Å². The molecule has 0 bridgehead atoms. The maximum Gasteiger partial charge on any atom is 0.320 e. The minimum absolute atomic E-state index is 0.128. The Balaban J connectivity index is 2.45. The van der Waals surface area contributed by atoms with Gasteiger partial charge in [0.15, 0.2) is 5.82 Å². The summed E-state index contributed by atoms with van der Waals surface area (Å²) in [5, 5.41) is 9.32. The van der Waals surface area contributed by atoms with Gasteiger partial charge in [-0.3, -0.25) is 10.00 Å². The highest BCUT2D eigenvalue weighted by atomic mass is 16.2. The minimum atomic E-state index is -0.228. The van der Waals surface area contributed by atoms with Crippen molar-refractivity contribution >= 4 is 11.8 Å². The first kappa shape index (κ1) is 9.57. The van der Waals surface area contributed by atoms with Crippen LogP contribution >= 0.6 is 0 Å². The van der Waals surface area contributed by atoms with Gasteiger partial charge in [-0.1, -0.05) is 0 Å². The Morgan fingerprint density at radius 2 is 2.31 bits per heavy atom. The first-order chi connectivity index (χ1) is 6.08. The Kier molecular flexibility index (Phi) is 2.89. The summed E-state index contributed by atoms with van der Waals surface area (Å²) in [6, 6.07) is 1.64. The average Bonchev–Trinajstić information content (AvgIpc) is 2.33. The molecule has 5 heteroatoms. The van der Waals surface area contributed by atoms with E-state index in [1.54, 1.807) is 24.0 Å². The van der Waals surface area contributed by atoms with Crippen molar-refractivity contribution in [3.8, 4) is 0 Å². The van der Waals surface area contributed by atoms with Crippen molar-refractivity contribution in [1.29, 1.82) is 0 Å². The predicted octanol–water partition coefficient (Wildman–Crippen LogP) is 0.950. The van der Waals surface area contributed by atoms with E-state index >= 15 is 0 Å². The van der Waals surface area contributed by atoms with E-state index in [4.69, 9.17) is 0 Å². The zero-order valence-corrected chi connectivity index (χ0v) is 8.03. The molecule has 1 heterocycles. The lowest BCUT2D eigenvalue weighted by atomic mass is 10.4. The molecule has 13 heavy (non-hydrogen) atoms. The van der Waals surface area contributed by atoms with Gasteiger partial charge >= 0.3 is 6.03 Å². The number of amides is 2. The van der Waals surface area contributed by atoms with Gasteiger partial charge in [0.05, 0.1) is 0 Å². The molecule has 1 aromatic rings. The second-order valence-electron chi connectivity index (χ2n) is 3.13. The second-order valence-corrected chi connectivity index (χ2v) is 3.13. The molecule has 0 atom stereocenters. The Labute approximate surface area is 77.1 Å². The average molecular weight is 182 g/mol. The number of nitrogens with one attached hydrogen (secondary N) is 2. The van der Waals surface area contributed by atoms with Crippen LogP contribution in [0.3, 0.4) is 0 Å². The van der Waals surface area contributed by atoms with Gasteiger partial charge in [0, 0.05) is 25.4 Å². The highest BCUT2D eigenvalue weighted by Crippen LogP contribution is 1.99. The highest BCUT2D eigenvalue weighted by Gasteiger charge is 2.04. The summed E-state index contributed by atoms with van der Waals surface area (Å²) < 4.78 is 1.63. The highest BCUT2D eigenvalue weighted by molar-refractivity contribution is 5.88. The van der Waals surface area contributed by atoms with Crippen LogP contribution < -0.4 is 10.6 Å². The number of rotatable bonds is 2. The normalized spacial score (nSPS) is 10.2. The molecule has 2 N–H and O–H groups in total. The summed E-state index contributed by atoms with van der Waals surface area (Å²) in [4.78, 5) is 11.2. The van der Waals surface area contributed by atoms with Crippen LogP contribution in [0.15, 0.2) is 12.3 Å². The Bertz CT molecular complexity index is 292. The molecular formula is C8H14N4O. The van der Waals surface area contributed by atoms with Crippen molar-refractivity contribution in [2.75, 3.05) is 5.32 Å². The SMILES string of the molecule is CC(C)NC(=O)Nc1ccn(C)n1. The minimum Gasteiger partial charge on any atom is -0.336 e. The molecule has 72 valence electrons. The van der Waals surface area contributed by atoms with Gasteiger partial charge in [0.2, 0.25) is 0 Å². The third kappa shape index (κ3) is 3.14. The lowest BCUT2D eigenvalue weighted by molar-refractivity contribution is 0.250. The standard InChI is InChI=1S/C8H14N4O/c1-6(2)9-8(13)10-7-4-5-12(3)11-7/h4-6H,1-3H3,(H2,9,10,11,13). The molecule has 0 aliphatic heterocycles. The molecule has 5 nitrogen and oxygen atoms in total. The van der Waals surface area contributed by atoms with Crippen molar-refractivity contribution in [3.63, 3.8) is 0 Å². The molecule has 0 saturated heterocycles. The molecule has 1 aromatic heterocycles. The van der Waals surface area contributed by atoms with E-state index in [2.05, 4.69) is 15.7 Å². The molecular weight excluding hydrogens is 168 g/mol. The van der Waals surface area contributed by atoms with E-state index < -0.39 is 0 Å². The van der Waals surface area contributed by atoms with Gasteiger partial charge in [-0.25, -0.2) is 4.79 Å². The van der Waals surface area contributed by atoms with E-state index in [1.807, 2.05) is 13.8 Å². The van der Waals surface area contributed by atoms with Crippen LogP contribution in [0, 0.1) is 0 Å². The van der Waals surface area contributed by atoms with Gasteiger partial charge < -0.3 is 5.32 Å². The number of aryl methyl sites for hydroxylation is 1. The van der Waals surface area contributed by atoms with Crippen LogP contribution in [0.2, 0.25) is 0 Å². The van der Waals surface area contributed by atoms with Crippen LogP contribution in [0.25, 0.3) is 0 Å². The largest absolute Gasteiger partial charge is 0.336 e. The second kappa shape index (κ2) is 3.93. The Hall–Kier alpha value is -1.52. The maximum atomic E-state index is 11.2. The molecule has 0 fully saturated rings. The van der Waals surface area contributed by atoms with E-state index in [9.17, 15) is 4.79 Å². The number of urea groups is 1. The zero-order chi connectivity index (χ0) is 9.84. The topological polar surface area (TPSA) is 59.0 Å². The van der Waals surface area contributed by atoms with E-state index in [1.165, 1.54) is 0 Å². The molecule has 0 aliphatic rings. The third-order valence-electron chi connectivity index (χ3n) is 1.37. The fourth-order valence-corrected chi connectivity index (χ4v) is 0.896. The number of aromatic nitrogens is 2. The summed E-state index contributed by atoms with van der Waals surface area (Å²) in [7, 11) is 1.80. The monoisotopic (exact) mass is 182 g/mol. The molecule has 1 rings (SSSR count). The molecule has 0 radical (unpaired) electrons. The maximum absolute atomic E-state index is 11.2. The van der Waals surface area contributed by atoms with Crippen molar-refractivity contribution in [2.45, 2.75) is 19.9 Å². The summed E-state index contributed by atoms with van der Waals surface area (Å²) >= 11 is 0. The number of hydrogen-bond donors (Lipinski definition) is 2. The quantitative estimate of drug-likeness (QED) is 0.715. The van der Waals surface area contributed by atoms with Gasteiger partial charge in [-0.05, 0) is 13.8 Å². The van der Waals surface area contributed by atoms with E-state index in [0.29, 0.717) is 5.82 Å². The number of carbonyl (C=O) groups excluding carboxylic acids is 1. The van der Waals surface area contributed by atoms with E-state index in [0.717, 1.165) is 0 Å². The van der Waals surface area contributed by atoms with Crippen molar-refractivity contribution < 1.29 is 4.79 Å². The molecule has 0 aliphatic carbocycles. The molecule has 2 amide bonds. The molecule has 0 spiro atoms. The smallest absolute Gasteiger partial charge is 0.320 e. The first-order valence-electron chi connectivity index (χ1n) is 4.15. The Morgan fingerprint density at radius 3 is 2.77 bits per heavy atom. The number of hydrogen-bond acceptors (Lipinski definition) is 2. The summed E-state index contributed by atoms with van der Waals surface area (Å²) in [6.07, 6.45) is 1.77. The molecule has 0 aromatic carbocycles. The number of carbonyl (C=O) groups is 1. The molecule has 0 unspecified atom stereocenters. The number of nitrogens with zero attached hydrogens (tertiary/aromatic N) is 2. The zero-order valence-electron chi connectivity index (χ0n) is 8.03. The van der Waals surface area contributed by atoms with Gasteiger partial charge in [0.1, 0.15) is 0 Å². The van der Waals surface area contributed by atoms with Gasteiger partial charge in [0.25, 0.3) is 0 Å². The van der Waals surface area contributed by atoms with Crippen LogP contribution in [0.5, 0.6) is 0 Å². The van der Waals surface area contributed by atoms with Crippen LogP contribution in [0.4, 0.5) is 10.6 Å². The third-order valence-corrected chi connectivity index (χ3v) is 1.37. The van der Waals surface area contributed by atoms with Crippen molar-refractivity contribution in [1.82, 2.24) is 15.1 Å². The lowest BCUT2D eigenvalue weighted by Crippen LogP contribution is -2.34. The summed E-state index contributed by atoms with van der Waals surface area (Å²) in [6.45, 7) is 3.80. The van der Waals surface area contributed by atoms with E-state index in [-0.39, 0.29) is 12.1 Å². The summed E-state index contributed by atoms with van der Waals surface area (Å²) in [5.74, 6) is 0.556. The van der Waals surface area contributed by atoms with Crippen LogP contribution in [-0.4, -0.2) is 21.9 Å². The van der Waals surface area contributed by atoms with Gasteiger partial charge in [-0.2, -0.15) is 5.10 Å². The first-order valence-corrected chi connectivity index (χ1v) is 4.15. The van der Waals surface area contributed by atoms with Gasteiger partial charge in [-0.15, -0.1) is 0 Å². The fourth-order valence-electron chi connectivity index (χ4n) is 0.896. The predicted molar refractivity (Wildman–Crippen MR) is 50.5 cm³/mol. The fraction of sp³-hybridized carbons (Fsp3) is 0.500. The molecule has 0 saturated carbocycles. The summed E-state index contributed by atoms with van der Waals surface area (Å²) in [5.41, 5.74) is 0. The van der Waals surface area contributed by atoms with Crippen LogP contribution in [-0.2, 0) is 7.05 Å². The number of anilines is 1. The van der Waals surface area contributed by atoms with Crippen LogP contribution in [0.1, 0.15) is 13.8 Å². The Morgan fingerprint density at radius 1 is 1.62 bits per heavy atom.